The Morgan fingerprint density at radius 2 is 1.92 bits per heavy atom. The second kappa shape index (κ2) is 9.07. The van der Waals surface area contributed by atoms with Gasteiger partial charge in [0.05, 0.1) is 11.5 Å². The maximum absolute atomic E-state index is 11.5. The van der Waals surface area contributed by atoms with Crippen molar-refractivity contribution in [3.05, 3.63) is 34.4 Å². The van der Waals surface area contributed by atoms with E-state index >= 15 is 0 Å². The van der Waals surface area contributed by atoms with Crippen LogP contribution in [0.3, 0.4) is 0 Å². The van der Waals surface area contributed by atoms with Gasteiger partial charge in [0.1, 0.15) is 0 Å². The van der Waals surface area contributed by atoms with Crippen molar-refractivity contribution in [1.82, 2.24) is 10.6 Å². The summed E-state index contributed by atoms with van der Waals surface area (Å²) in [5.41, 5.74) is 0.403. The highest BCUT2D eigenvalue weighted by molar-refractivity contribution is 7.80. The van der Waals surface area contributed by atoms with Crippen molar-refractivity contribution in [2.24, 2.45) is 0 Å². The zero-order chi connectivity index (χ0) is 18.3. The third kappa shape index (κ3) is 6.91. The van der Waals surface area contributed by atoms with Gasteiger partial charge in [0.15, 0.2) is 11.3 Å². The number of carbonyl (C=O) groups is 1. The summed E-state index contributed by atoms with van der Waals surface area (Å²) in [6, 6.07) is 5.51. The summed E-state index contributed by atoms with van der Waals surface area (Å²) < 4.78 is 2.80. The van der Waals surface area contributed by atoms with Crippen LogP contribution in [0, 0.1) is 10.1 Å². The van der Waals surface area contributed by atoms with Crippen molar-refractivity contribution >= 4 is 69.6 Å². The summed E-state index contributed by atoms with van der Waals surface area (Å²) >= 11 is 22.4. The molecule has 1 amide bonds. The number of hydrogen-bond donors (Lipinski definition) is 3. The van der Waals surface area contributed by atoms with Gasteiger partial charge >= 0.3 is 6.09 Å². The summed E-state index contributed by atoms with van der Waals surface area (Å²) in [6.45, 7) is 1.77. The van der Waals surface area contributed by atoms with E-state index in [1.54, 1.807) is 6.92 Å². The topological polar surface area (TPSA) is 106 Å². The van der Waals surface area contributed by atoms with Gasteiger partial charge in [-0.2, -0.15) is 0 Å². The molecule has 24 heavy (non-hydrogen) atoms. The summed E-state index contributed by atoms with van der Waals surface area (Å²) in [5.74, 6) is 0. The van der Waals surface area contributed by atoms with Gasteiger partial charge in [-0.1, -0.05) is 34.8 Å². The Labute approximate surface area is 157 Å². The van der Waals surface area contributed by atoms with E-state index in [4.69, 9.17) is 51.8 Å². The van der Waals surface area contributed by atoms with Crippen molar-refractivity contribution in [1.29, 1.82) is 0 Å². The number of nitrogens with zero attached hydrogens (tertiary/aromatic N) is 1. The number of nitrogens with one attached hydrogen (secondary N) is 3. The number of alkyl halides is 3. The van der Waals surface area contributed by atoms with Crippen molar-refractivity contribution < 1.29 is 14.5 Å². The normalized spacial score (nSPS) is 12.0. The number of rotatable bonds is 5. The number of halogens is 3. The van der Waals surface area contributed by atoms with Crippen LogP contribution in [-0.4, -0.2) is 32.7 Å². The molecule has 1 aromatic carbocycles. The van der Waals surface area contributed by atoms with Gasteiger partial charge in [-0.25, -0.2) is 4.79 Å². The lowest BCUT2D eigenvalue weighted by molar-refractivity contribution is -0.384. The van der Waals surface area contributed by atoms with Crippen LogP contribution in [0.4, 0.5) is 16.2 Å². The van der Waals surface area contributed by atoms with Gasteiger partial charge in [0.25, 0.3) is 5.69 Å². The summed E-state index contributed by atoms with van der Waals surface area (Å²) in [5, 5.41) is 18.3. The number of nitro benzene ring substituents is 1. The predicted octanol–water partition coefficient (Wildman–Crippen LogP) is 3.32. The molecule has 0 aliphatic carbocycles. The molecule has 0 aromatic heterocycles. The van der Waals surface area contributed by atoms with Crippen molar-refractivity contribution in [2.45, 2.75) is 16.9 Å². The van der Waals surface area contributed by atoms with Gasteiger partial charge < -0.3 is 15.4 Å². The lowest BCUT2D eigenvalue weighted by atomic mass is 10.3. The number of anilines is 1. The molecule has 0 bridgehead atoms. The average molecular weight is 416 g/mol. The van der Waals surface area contributed by atoms with Crippen molar-refractivity contribution in [3.63, 3.8) is 0 Å². The molecule has 12 heteroatoms. The molecular formula is C12H13Cl3N4O4S. The quantitative estimate of drug-likeness (QED) is 0.223. The number of hydrogen-bond acceptors (Lipinski definition) is 5. The van der Waals surface area contributed by atoms with E-state index in [0.717, 1.165) is 0 Å². The van der Waals surface area contributed by atoms with E-state index < -0.39 is 21.0 Å². The fraction of sp³-hybridized carbons (Fsp3) is 0.333. The molecule has 0 heterocycles. The first-order valence-corrected chi connectivity index (χ1v) is 7.99. The summed E-state index contributed by atoms with van der Waals surface area (Å²) in [4.78, 5) is 21.5. The Hall–Kier alpha value is -1.55. The molecule has 1 rings (SSSR count). The second-order valence-electron chi connectivity index (χ2n) is 4.24. The molecule has 0 fully saturated rings. The Balaban J connectivity index is 2.70. The zero-order valence-corrected chi connectivity index (χ0v) is 15.3. The number of ether oxygens (including phenoxy) is 1. The largest absolute Gasteiger partial charge is 0.450 e. The van der Waals surface area contributed by atoms with E-state index in [1.165, 1.54) is 24.3 Å². The third-order valence-corrected chi connectivity index (χ3v) is 3.35. The van der Waals surface area contributed by atoms with Crippen LogP contribution < -0.4 is 16.0 Å². The summed E-state index contributed by atoms with van der Waals surface area (Å²) in [6.07, 6.45) is -1.96. The predicted molar refractivity (Wildman–Crippen MR) is 96.7 cm³/mol. The molecule has 8 nitrogen and oxygen atoms in total. The summed E-state index contributed by atoms with van der Waals surface area (Å²) in [7, 11) is 0. The fourth-order valence-electron chi connectivity index (χ4n) is 1.46. The molecule has 3 N–H and O–H groups in total. The second-order valence-corrected chi connectivity index (χ2v) is 7.02. The van der Waals surface area contributed by atoms with E-state index in [2.05, 4.69) is 16.0 Å². The van der Waals surface area contributed by atoms with Gasteiger partial charge in [-0.3, -0.25) is 15.4 Å². The standard InChI is InChI=1S/C12H13Cl3N4O4S/c1-2-23-11(20)18-9(12(13,14)15)17-10(24)16-7-3-5-8(6-4-7)19(21)22/h3-6,9H,2H2,1H3,(H,18,20)(H2,16,17,24)/t9-/m0/s1. The van der Waals surface area contributed by atoms with Crippen LogP contribution >= 0.6 is 47.0 Å². The molecule has 1 aromatic rings. The molecule has 0 aliphatic heterocycles. The number of non-ortho nitro benzene ring substituents is 1. The lowest BCUT2D eigenvalue weighted by Crippen LogP contribution is -2.56. The SMILES string of the molecule is CCOC(=O)N[C@H](NC(=S)Nc1ccc([N+](=O)[O-])cc1)C(Cl)(Cl)Cl. The number of alkyl carbamates (subject to hydrolysis) is 1. The number of nitro groups is 1. The van der Waals surface area contributed by atoms with E-state index in [9.17, 15) is 14.9 Å². The van der Waals surface area contributed by atoms with Gasteiger partial charge in [-0.05, 0) is 31.3 Å². The van der Waals surface area contributed by atoms with Crippen molar-refractivity contribution in [2.75, 3.05) is 11.9 Å². The average Bonchev–Trinajstić information content (AvgIpc) is 2.46. The Morgan fingerprint density at radius 1 is 1.33 bits per heavy atom. The molecular weight excluding hydrogens is 403 g/mol. The van der Waals surface area contributed by atoms with Gasteiger partial charge in [-0.15, -0.1) is 0 Å². The Kier molecular flexibility index (Phi) is 7.74. The number of carbonyl (C=O) groups excluding carboxylic acids is 1. The van der Waals surface area contributed by atoms with Gasteiger partial charge in [0, 0.05) is 17.8 Å². The lowest BCUT2D eigenvalue weighted by Gasteiger charge is -2.27. The molecule has 132 valence electrons. The van der Waals surface area contributed by atoms with Crippen LogP contribution in [0.25, 0.3) is 0 Å². The first-order valence-electron chi connectivity index (χ1n) is 6.45. The number of thiocarbonyl (C=S) groups is 1. The first-order chi connectivity index (χ1) is 11.1. The minimum atomic E-state index is -1.91. The number of amides is 1. The van der Waals surface area contributed by atoms with Crippen LogP contribution in [-0.2, 0) is 4.74 Å². The minimum Gasteiger partial charge on any atom is -0.450 e. The zero-order valence-electron chi connectivity index (χ0n) is 12.2. The smallest absolute Gasteiger partial charge is 0.408 e. The van der Waals surface area contributed by atoms with E-state index in [0.29, 0.717) is 5.69 Å². The fourth-order valence-corrected chi connectivity index (χ4v) is 2.02. The van der Waals surface area contributed by atoms with Crippen molar-refractivity contribution in [3.8, 4) is 0 Å². The van der Waals surface area contributed by atoms with E-state index in [-0.39, 0.29) is 17.4 Å². The maximum atomic E-state index is 11.5. The van der Waals surface area contributed by atoms with E-state index in [1.807, 2.05) is 0 Å². The van der Waals surface area contributed by atoms with Gasteiger partial charge in [0.2, 0.25) is 3.79 Å². The molecule has 0 saturated carbocycles. The Bertz CT molecular complexity index is 609. The molecule has 1 atom stereocenters. The first kappa shape index (κ1) is 20.5. The molecule has 0 aliphatic rings. The maximum Gasteiger partial charge on any atom is 0.408 e. The molecule has 0 spiro atoms. The highest BCUT2D eigenvalue weighted by Crippen LogP contribution is 2.29. The molecule has 0 unspecified atom stereocenters. The highest BCUT2D eigenvalue weighted by atomic mass is 35.6. The van der Waals surface area contributed by atoms with Crippen LogP contribution in [0.5, 0.6) is 0 Å². The van der Waals surface area contributed by atoms with Crippen LogP contribution in [0.2, 0.25) is 0 Å². The molecule has 0 saturated heterocycles. The highest BCUT2D eigenvalue weighted by Gasteiger charge is 2.35. The Morgan fingerprint density at radius 3 is 2.38 bits per heavy atom. The minimum absolute atomic E-state index is 0.0250. The number of benzene rings is 1. The van der Waals surface area contributed by atoms with Crippen LogP contribution in [0.1, 0.15) is 6.92 Å². The monoisotopic (exact) mass is 414 g/mol. The third-order valence-electron chi connectivity index (χ3n) is 2.48. The van der Waals surface area contributed by atoms with Crippen LogP contribution in [0.15, 0.2) is 24.3 Å². The molecule has 0 radical (unpaired) electrons.